The van der Waals surface area contributed by atoms with Crippen molar-refractivity contribution in [3.8, 4) is 0 Å². The Labute approximate surface area is 115 Å². The molecule has 0 heterocycles. The van der Waals surface area contributed by atoms with E-state index < -0.39 is 0 Å². The second-order valence-electron chi connectivity index (χ2n) is 3.79. The Kier molecular flexibility index (Phi) is 3.94. The Morgan fingerprint density at radius 3 is 2.61 bits per heavy atom. The lowest BCUT2D eigenvalue weighted by Gasteiger charge is -2.11. The summed E-state index contributed by atoms with van der Waals surface area (Å²) in [6.07, 6.45) is 0. The topological polar surface area (TPSA) is 38.0 Å². The van der Waals surface area contributed by atoms with Crippen molar-refractivity contribution in [2.75, 3.05) is 11.1 Å². The summed E-state index contributed by atoms with van der Waals surface area (Å²) in [5.41, 5.74) is 7.29. The monoisotopic (exact) mass is 284 g/mol. The molecule has 18 heavy (non-hydrogen) atoms. The maximum Gasteiger partial charge on any atom is 0.129 e. The average molecular weight is 285 g/mol. The van der Waals surface area contributed by atoms with E-state index >= 15 is 0 Å². The second-order valence-corrected chi connectivity index (χ2v) is 4.61. The summed E-state index contributed by atoms with van der Waals surface area (Å²) in [5, 5.41) is 3.92. The van der Waals surface area contributed by atoms with Gasteiger partial charge < -0.3 is 11.1 Å². The van der Waals surface area contributed by atoms with E-state index in [-0.39, 0.29) is 12.4 Å². The maximum atomic E-state index is 13.6. The van der Waals surface area contributed by atoms with E-state index in [1.165, 1.54) is 6.07 Å². The molecule has 3 N–H and O–H groups in total. The Bertz CT molecular complexity index is 553. The van der Waals surface area contributed by atoms with E-state index in [9.17, 15) is 4.39 Å². The molecule has 0 saturated carbocycles. The van der Waals surface area contributed by atoms with Gasteiger partial charge in [-0.05, 0) is 30.3 Å². The maximum absolute atomic E-state index is 13.6. The highest BCUT2D eigenvalue weighted by Gasteiger charge is 2.07. The van der Waals surface area contributed by atoms with E-state index in [0.717, 1.165) is 0 Å². The highest BCUT2D eigenvalue weighted by atomic mass is 35.5. The van der Waals surface area contributed by atoms with Gasteiger partial charge >= 0.3 is 0 Å². The molecule has 0 bridgehead atoms. The normalized spacial score (nSPS) is 10.4. The molecule has 2 aromatic carbocycles. The van der Waals surface area contributed by atoms with Crippen LogP contribution in [0.2, 0.25) is 10.0 Å². The molecular formula is C13H11Cl2FN2. The van der Waals surface area contributed by atoms with Gasteiger partial charge in [0.25, 0.3) is 0 Å². The van der Waals surface area contributed by atoms with E-state index in [1.807, 2.05) is 0 Å². The van der Waals surface area contributed by atoms with Crippen molar-refractivity contribution in [2.45, 2.75) is 6.54 Å². The molecule has 0 atom stereocenters. The predicted molar refractivity (Wildman–Crippen MR) is 74.6 cm³/mol. The Morgan fingerprint density at radius 1 is 1.11 bits per heavy atom. The quantitative estimate of drug-likeness (QED) is 0.824. The van der Waals surface area contributed by atoms with Crippen LogP contribution in [0.5, 0.6) is 0 Å². The van der Waals surface area contributed by atoms with Crippen LogP contribution in [0.1, 0.15) is 5.56 Å². The molecule has 0 amide bonds. The molecule has 0 aliphatic heterocycles. The Hall–Kier alpha value is -1.45. The fraction of sp³-hybridized carbons (Fsp3) is 0.0769. The second kappa shape index (κ2) is 5.46. The Morgan fingerprint density at radius 2 is 1.89 bits per heavy atom. The van der Waals surface area contributed by atoms with Crippen LogP contribution >= 0.6 is 23.2 Å². The number of halogens is 3. The first-order valence-corrected chi connectivity index (χ1v) is 6.05. The number of hydrogen-bond donors (Lipinski definition) is 2. The molecule has 0 aliphatic rings. The van der Waals surface area contributed by atoms with Crippen molar-refractivity contribution in [3.05, 3.63) is 57.8 Å². The third-order valence-corrected chi connectivity index (χ3v) is 3.19. The number of hydrogen-bond acceptors (Lipinski definition) is 2. The van der Waals surface area contributed by atoms with Gasteiger partial charge in [0.1, 0.15) is 5.82 Å². The zero-order valence-corrected chi connectivity index (χ0v) is 10.9. The predicted octanol–water partition coefficient (Wildman–Crippen LogP) is 4.33. The SMILES string of the molecule is Nc1ccc(Cl)c(NCc2c(F)cccc2Cl)c1. The molecule has 0 aliphatic carbocycles. The standard InChI is InChI=1S/C13H11Cl2FN2/c14-10-2-1-3-12(16)9(10)7-18-13-6-8(17)4-5-11(13)15/h1-6,18H,7,17H2. The molecule has 2 nitrogen and oxygen atoms in total. The van der Waals surface area contributed by atoms with Crippen LogP contribution in [0.4, 0.5) is 15.8 Å². The van der Waals surface area contributed by atoms with Gasteiger partial charge in [-0.3, -0.25) is 0 Å². The fourth-order valence-electron chi connectivity index (χ4n) is 1.56. The lowest BCUT2D eigenvalue weighted by atomic mass is 10.2. The van der Waals surface area contributed by atoms with E-state index in [0.29, 0.717) is 27.0 Å². The average Bonchev–Trinajstić information content (AvgIpc) is 2.33. The highest BCUT2D eigenvalue weighted by Crippen LogP contribution is 2.26. The number of nitrogen functional groups attached to an aromatic ring is 1. The van der Waals surface area contributed by atoms with Crippen LogP contribution in [-0.4, -0.2) is 0 Å². The van der Waals surface area contributed by atoms with Crippen LogP contribution in [-0.2, 0) is 6.54 Å². The minimum atomic E-state index is -0.352. The van der Waals surface area contributed by atoms with E-state index in [4.69, 9.17) is 28.9 Å². The fourth-order valence-corrected chi connectivity index (χ4v) is 1.98. The molecule has 2 aromatic rings. The zero-order valence-electron chi connectivity index (χ0n) is 9.38. The van der Waals surface area contributed by atoms with Crippen molar-refractivity contribution in [1.29, 1.82) is 0 Å². The number of anilines is 2. The van der Waals surface area contributed by atoms with Crippen molar-refractivity contribution in [3.63, 3.8) is 0 Å². The van der Waals surface area contributed by atoms with Crippen LogP contribution in [0.25, 0.3) is 0 Å². The molecule has 0 aromatic heterocycles. The number of nitrogens with one attached hydrogen (secondary N) is 1. The number of rotatable bonds is 3. The third kappa shape index (κ3) is 2.86. The van der Waals surface area contributed by atoms with Crippen LogP contribution in [0, 0.1) is 5.82 Å². The summed E-state index contributed by atoms with van der Waals surface area (Å²) in [6.45, 7) is 0.245. The third-order valence-electron chi connectivity index (χ3n) is 2.51. The molecular weight excluding hydrogens is 274 g/mol. The van der Waals surface area contributed by atoms with Gasteiger partial charge in [0.15, 0.2) is 0 Å². The Balaban J connectivity index is 2.19. The molecule has 0 fully saturated rings. The molecule has 2 rings (SSSR count). The lowest BCUT2D eigenvalue weighted by molar-refractivity contribution is 0.613. The lowest BCUT2D eigenvalue weighted by Crippen LogP contribution is -2.03. The molecule has 94 valence electrons. The van der Waals surface area contributed by atoms with Crippen molar-refractivity contribution in [1.82, 2.24) is 0 Å². The van der Waals surface area contributed by atoms with Gasteiger partial charge in [-0.1, -0.05) is 29.3 Å². The van der Waals surface area contributed by atoms with Crippen LogP contribution in [0.15, 0.2) is 36.4 Å². The van der Waals surface area contributed by atoms with Gasteiger partial charge in [0, 0.05) is 22.8 Å². The van der Waals surface area contributed by atoms with Crippen molar-refractivity contribution in [2.24, 2.45) is 0 Å². The number of nitrogens with two attached hydrogens (primary N) is 1. The molecule has 0 unspecified atom stereocenters. The smallest absolute Gasteiger partial charge is 0.129 e. The van der Waals surface area contributed by atoms with Crippen molar-refractivity contribution >= 4 is 34.6 Å². The minimum Gasteiger partial charge on any atom is -0.399 e. The largest absolute Gasteiger partial charge is 0.399 e. The first-order chi connectivity index (χ1) is 8.58. The first kappa shape index (κ1) is 13.0. The van der Waals surface area contributed by atoms with Gasteiger partial charge in [0.05, 0.1) is 10.7 Å². The van der Waals surface area contributed by atoms with Gasteiger partial charge in [0.2, 0.25) is 0 Å². The van der Waals surface area contributed by atoms with Gasteiger partial charge in [-0.25, -0.2) is 4.39 Å². The van der Waals surface area contributed by atoms with Gasteiger partial charge in [-0.2, -0.15) is 0 Å². The van der Waals surface area contributed by atoms with Crippen molar-refractivity contribution < 1.29 is 4.39 Å². The zero-order chi connectivity index (χ0) is 13.1. The molecule has 5 heteroatoms. The summed E-state index contributed by atoms with van der Waals surface area (Å²) in [6, 6.07) is 9.64. The first-order valence-electron chi connectivity index (χ1n) is 5.29. The van der Waals surface area contributed by atoms with E-state index in [1.54, 1.807) is 30.3 Å². The molecule has 0 spiro atoms. The summed E-state index contributed by atoms with van der Waals surface area (Å²) in [5.74, 6) is -0.352. The summed E-state index contributed by atoms with van der Waals surface area (Å²) < 4.78 is 13.6. The van der Waals surface area contributed by atoms with Crippen LogP contribution < -0.4 is 11.1 Å². The summed E-state index contributed by atoms with van der Waals surface area (Å²) in [7, 11) is 0. The summed E-state index contributed by atoms with van der Waals surface area (Å²) in [4.78, 5) is 0. The number of benzene rings is 2. The van der Waals surface area contributed by atoms with Crippen LogP contribution in [0.3, 0.4) is 0 Å². The highest BCUT2D eigenvalue weighted by molar-refractivity contribution is 6.33. The van der Waals surface area contributed by atoms with Gasteiger partial charge in [-0.15, -0.1) is 0 Å². The molecule has 0 radical (unpaired) electrons. The molecule has 0 saturated heterocycles. The summed E-state index contributed by atoms with van der Waals surface area (Å²) >= 11 is 11.9. The van der Waals surface area contributed by atoms with E-state index in [2.05, 4.69) is 5.32 Å². The minimum absolute atomic E-state index is 0.245.